The molecule has 0 spiro atoms. The molecule has 1 aromatic rings. The van der Waals surface area contributed by atoms with Crippen molar-refractivity contribution in [1.29, 1.82) is 0 Å². The van der Waals surface area contributed by atoms with Crippen molar-refractivity contribution in [2.45, 2.75) is 55.4 Å². The van der Waals surface area contributed by atoms with Crippen LogP contribution in [-0.2, 0) is 10.5 Å². The molecule has 0 aromatic carbocycles. The average Bonchev–Trinajstić information content (AvgIpc) is 3.16. The number of carboxylic acids is 1. The number of hydrogen-bond acceptors (Lipinski definition) is 5. The van der Waals surface area contributed by atoms with Crippen LogP contribution in [0.2, 0.25) is 0 Å². The Morgan fingerprint density at radius 3 is 2.86 bits per heavy atom. The highest BCUT2D eigenvalue weighted by atomic mass is 32.2. The first-order chi connectivity index (χ1) is 10.2. The maximum atomic E-state index is 11.3. The van der Waals surface area contributed by atoms with Crippen LogP contribution < -0.4 is 0 Å². The number of aromatic nitrogens is 2. The second kappa shape index (κ2) is 6.64. The van der Waals surface area contributed by atoms with E-state index in [1.165, 1.54) is 25.7 Å². The SMILES string of the molecule is O=C(O)C1CC=CCC1c1nc(CSC2CCCC2)no1. The molecule has 0 radical (unpaired) electrons. The Morgan fingerprint density at radius 2 is 2.10 bits per heavy atom. The third-order valence-electron chi connectivity index (χ3n) is 4.30. The minimum atomic E-state index is -0.788. The van der Waals surface area contributed by atoms with Crippen molar-refractivity contribution >= 4 is 17.7 Å². The molecule has 0 bridgehead atoms. The van der Waals surface area contributed by atoms with Gasteiger partial charge in [0, 0.05) is 5.25 Å². The summed E-state index contributed by atoms with van der Waals surface area (Å²) < 4.78 is 5.33. The van der Waals surface area contributed by atoms with Crippen molar-refractivity contribution in [2.24, 2.45) is 5.92 Å². The standard InChI is InChI=1S/C15H20N2O3S/c18-15(19)12-8-4-3-7-11(12)14-16-13(17-20-14)9-21-10-5-1-2-6-10/h3-4,10-12H,1-2,5-9H2,(H,18,19). The van der Waals surface area contributed by atoms with Crippen LogP contribution >= 0.6 is 11.8 Å². The first kappa shape index (κ1) is 14.6. The molecule has 1 heterocycles. The molecule has 2 aliphatic rings. The fourth-order valence-electron chi connectivity index (χ4n) is 3.08. The normalized spacial score (nSPS) is 26.3. The zero-order chi connectivity index (χ0) is 14.7. The van der Waals surface area contributed by atoms with Crippen LogP contribution in [0.15, 0.2) is 16.7 Å². The predicted octanol–water partition coefficient (Wildman–Crippen LogP) is 3.38. The molecule has 1 N–H and O–H groups in total. The minimum absolute atomic E-state index is 0.190. The summed E-state index contributed by atoms with van der Waals surface area (Å²) in [6, 6.07) is 0. The second-order valence-corrected chi connectivity index (χ2v) is 7.05. The molecule has 0 saturated heterocycles. The van der Waals surface area contributed by atoms with Crippen molar-refractivity contribution in [3.8, 4) is 0 Å². The Balaban J connectivity index is 1.63. The summed E-state index contributed by atoms with van der Waals surface area (Å²) in [4.78, 5) is 15.7. The van der Waals surface area contributed by atoms with E-state index >= 15 is 0 Å². The van der Waals surface area contributed by atoms with Crippen LogP contribution in [0, 0.1) is 5.92 Å². The Labute approximate surface area is 128 Å². The van der Waals surface area contributed by atoms with Gasteiger partial charge in [-0.3, -0.25) is 4.79 Å². The monoisotopic (exact) mass is 308 g/mol. The molecule has 3 rings (SSSR count). The topological polar surface area (TPSA) is 76.2 Å². The molecule has 2 unspecified atom stereocenters. The molecule has 0 aliphatic heterocycles. The average molecular weight is 308 g/mol. The summed E-state index contributed by atoms with van der Waals surface area (Å²) in [7, 11) is 0. The highest BCUT2D eigenvalue weighted by Gasteiger charge is 2.33. The number of nitrogens with zero attached hydrogens (tertiary/aromatic N) is 2. The van der Waals surface area contributed by atoms with Crippen molar-refractivity contribution in [1.82, 2.24) is 10.1 Å². The van der Waals surface area contributed by atoms with Gasteiger partial charge in [-0.05, 0) is 25.7 Å². The van der Waals surface area contributed by atoms with Crippen molar-refractivity contribution in [2.75, 3.05) is 0 Å². The fraction of sp³-hybridized carbons (Fsp3) is 0.667. The fourth-order valence-corrected chi connectivity index (χ4v) is 4.25. The van der Waals surface area contributed by atoms with Gasteiger partial charge in [-0.25, -0.2) is 0 Å². The second-order valence-electron chi connectivity index (χ2n) is 5.76. The molecular formula is C15H20N2O3S. The van der Waals surface area contributed by atoms with Gasteiger partial charge in [0.2, 0.25) is 5.89 Å². The zero-order valence-corrected chi connectivity index (χ0v) is 12.7. The van der Waals surface area contributed by atoms with Crippen molar-refractivity contribution < 1.29 is 14.4 Å². The summed E-state index contributed by atoms with van der Waals surface area (Å²) in [5.41, 5.74) is 0. The lowest BCUT2D eigenvalue weighted by molar-refractivity contribution is -0.142. The van der Waals surface area contributed by atoms with E-state index in [1.807, 2.05) is 23.9 Å². The van der Waals surface area contributed by atoms with Crippen LogP contribution in [0.5, 0.6) is 0 Å². The largest absolute Gasteiger partial charge is 0.481 e. The molecule has 2 atom stereocenters. The van der Waals surface area contributed by atoms with E-state index < -0.39 is 11.9 Å². The van der Waals surface area contributed by atoms with Gasteiger partial charge in [-0.1, -0.05) is 30.2 Å². The first-order valence-electron chi connectivity index (χ1n) is 7.56. The van der Waals surface area contributed by atoms with Gasteiger partial charge in [-0.15, -0.1) is 0 Å². The van der Waals surface area contributed by atoms with Gasteiger partial charge < -0.3 is 9.63 Å². The maximum absolute atomic E-state index is 11.3. The van der Waals surface area contributed by atoms with Crippen molar-refractivity contribution in [3.63, 3.8) is 0 Å². The number of rotatable bonds is 5. The molecule has 5 nitrogen and oxygen atoms in total. The summed E-state index contributed by atoms with van der Waals surface area (Å²) in [6.45, 7) is 0. The Kier molecular flexibility index (Phi) is 4.63. The molecule has 2 aliphatic carbocycles. The lowest BCUT2D eigenvalue weighted by Crippen LogP contribution is -2.23. The molecule has 1 fully saturated rings. The Morgan fingerprint density at radius 1 is 1.33 bits per heavy atom. The number of thioether (sulfide) groups is 1. The molecule has 6 heteroatoms. The highest BCUT2D eigenvalue weighted by molar-refractivity contribution is 7.99. The van der Waals surface area contributed by atoms with Gasteiger partial charge >= 0.3 is 5.97 Å². The lowest BCUT2D eigenvalue weighted by Gasteiger charge is -2.21. The van der Waals surface area contributed by atoms with E-state index in [4.69, 9.17) is 4.52 Å². The quantitative estimate of drug-likeness (QED) is 0.840. The van der Waals surface area contributed by atoms with Gasteiger partial charge in [0.05, 0.1) is 17.6 Å². The summed E-state index contributed by atoms with van der Waals surface area (Å²) >= 11 is 1.89. The minimum Gasteiger partial charge on any atom is -0.481 e. The van der Waals surface area contributed by atoms with Crippen LogP contribution in [0.25, 0.3) is 0 Å². The molecular weight excluding hydrogens is 288 g/mol. The van der Waals surface area contributed by atoms with E-state index in [2.05, 4.69) is 10.1 Å². The van der Waals surface area contributed by atoms with Crippen LogP contribution in [-0.4, -0.2) is 26.5 Å². The molecule has 0 amide bonds. The van der Waals surface area contributed by atoms with E-state index in [0.717, 1.165) is 11.0 Å². The lowest BCUT2D eigenvalue weighted by atomic mass is 9.83. The molecule has 1 saturated carbocycles. The molecule has 1 aromatic heterocycles. The number of carbonyl (C=O) groups is 1. The van der Waals surface area contributed by atoms with Gasteiger partial charge in [0.15, 0.2) is 5.82 Å². The van der Waals surface area contributed by atoms with E-state index in [9.17, 15) is 9.90 Å². The number of hydrogen-bond donors (Lipinski definition) is 1. The van der Waals surface area contributed by atoms with E-state index in [0.29, 0.717) is 24.6 Å². The summed E-state index contributed by atoms with van der Waals surface area (Å²) in [5.74, 6) is 0.504. The van der Waals surface area contributed by atoms with Crippen LogP contribution in [0.3, 0.4) is 0 Å². The maximum Gasteiger partial charge on any atom is 0.307 e. The number of aliphatic carboxylic acids is 1. The number of allylic oxidation sites excluding steroid dienone is 2. The van der Waals surface area contributed by atoms with E-state index in [1.54, 1.807) is 0 Å². The van der Waals surface area contributed by atoms with Gasteiger partial charge in [-0.2, -0.15) is 16.7 Å². The first-order valence-corrected chi connectivity index (χ1v) is 8.61. The highest BCUT2D eigenvalue weighted by Crippen LogP contribution is 2.35. The van der Waals surface area contributed by atoms with Crippen LogP contribution in [0.4, 0.5) is 0 Å². The van der Waals surface area contributed by atoms with Gasteiger partial charge in [0.1, 0.15) is 0 Å². The Bertz CT molecular complexity index is 523. The third kappa shape index (κ3) is 3.48. The Hall–Kier alpha value is -1.30. The summed E-state index contributed by atoms with van der Waals surface area (Å²) in [6.07, 6.45) is 10.3. The molecule has 21 heavy (non-hydrogen) atoms. The molecule has 114 valence electrons. The smallest absolute Gasteiger partial charge is 0.307 e. The zero-order valence-electron chi connectivity index (χ0n) is 11.9. The van der Waals surface area contributed by atoms with Gasteiger partial charge in [0.25, 0.3) is 0 Å². The van der Waals surface area contributed by atoms with Crippen LogP contribution in [0.1, 0.15) is 56.2 Å². The summed E-state index contributed by atoms with van der Waals surface area (Å²) in [5, 5.41) is 14.0. The third-order valence-corrected chi connectivity index (χ3v) is 5.67. The number of carboxylic acid groups (broad SMARTS) is 1. The predicted molar refractivity (Wildman–Crippen MR) is 80.1 cm³/mol. The van der Waals surface area contributed by atoms with Crippen molar-refractivity contribution in [3.05, 3.63) is 23.9 Å². The van der Waals surface area contributed by atoms with E-state index in [-0.39, 0.29) is 5.92 Å².